The first-order valence-corrected chi connectivity index (χ1v) is 0.816. The Bertz CT molecular complexity index is 11.5. The minimum Gasteiger partial charge on any atom is -1.00 e. The summed E-state index contributed by atoms with van der Waals surface area (Å²) in [4.78, 5) is 0. The molecular formula is CH6Cl2N2Pt. The summed E-state index contributed by atoms with van der Waals surface area (Å²) in [6, 6.07) is 0. The fourth-order valence-electron chi connectivity index (χ4n) is 0. The van der Waals surface area contributed by atoms with Crippen LogP contribution in [0, 0.1) is 0 Å². The molecule has 0 aliphatic rings. The van der Waals surface area contributed by atoms with Crippen LogP contribution in [0.1, 0.15) is 0 Å². The molecule has 0 aromatic rings. The summed E-state index contributed by atoms with van der Waals surface area (Å²) in [6.45, 7) is 0.250. The van der Waals surface area contributed by atoms with E-state index in [0.717, 1.165) is 0 Å². The standard InChI is InChI=1S/CH6N2.2ClH.Pt/c2-1-3;;;/h1-3H2;2*1H;/q;;;+2/p-2. The third-order valence-electron chi connectivity index (χ3n) is 0. The second kappa shape index (κ2) is 34.8. The molecule has 0 heterocycles. The molecule has 6 heavy (non-hydrogen) atoms. The van der Waals surface area contributed by atoms with E-state index in [0.29, 0.717) is 0 Å². The third kappa shape index (κ3) is 64.5. The van der Waals surface area contributed by atoms with Crippen LogP contribution in [0.25, 0.3) is 0 Å². The van der Waals surface area contributed by atoms with Crippen molar-refractivity contribution in [3.05, 3.63) is 0 Å². The Morgan fingerprint density at radius 3 is 1.00 bits per heavy atom. The maximum Gasteiger partial charge on any atom is 2.00 e. The number of hydrogen-bond donors (Lipinski definition) is 2. The van der Waals surface area contributed by atoms with Gasteiger partial charge >= 0.3 is 21.1 Å². The number of rotatable bonds is 0. The van der Waals surface area contributed by atoms with E-state index in [1.165, 1.54) is 0 Å². The van der Waals surface area contributed by atoms with Gasteiger partial charge in [0.1, 0.15) is 0 Å². The molecule has 0 aliphatic heterocycles. The molecule has 0 aliphatic carbocycles. The molecule has 0 rings (SSSR count). The average molecular weight is 312 g/mol. The molecule has 44 valence electrons. The Balaban J connectivity index is -0.00000000667. The zero-order valence-electron chi connectivity index (χ0n) is 2.93. The van der Waals surface area contributed by atoms with Crippen LogP contribution in [0.3, 0.4) is 0 Å². The first-order valence-electron chi connectivity index (χ1n) is 0.816. The molecular weight excluding hydrogens is 306 g/mol. The smallest absolute Gasteiger partial charge is 1.00 e. The maximum atomic E-state index is 4.62. The molecule has 0 aromatic heterocycles. The van der Waals surface area contributed by atoms with Crippen molar-refractivity contribution < 1.29 is 45.9 Å². The van der Waals surface area contributed by atoms with E-state index in [4.69, 9.17) is 0 Å². The van der Waals surface area contributed by atoms with Gasteiger partial charge in [0.15, 0.2) is 0 Å². The molecule has 0 aromatic carbocycles. The van der Waals surface area contributed by atoms with E-state index in [9.17, 15) is 0 Å². The monoisotopic (exact) mass is 311 g/mol. The minimum atomic E-state index is 0. The summed E-state index contributed by atoms with van der Waals surface area (Å²) in [6.07, 6.45) is 0. The van der Waals surface area contributed by atoms with Crippen molar-refractivity contribution >= 4 is 0 Å². The van der Waals surface area contributed by atoms with Crippen molar-refractivity contribution in [1.82, 2.24) is 0 Å². The van der Waals surface area contributed by atoms with Crippen molar-refractivity contribution in [1.29, 1.82) is 0 Å². The van der Waals surface area contributed by atoms with Gasteiger partial charge in [-0.2, -0.15) is 0 Å². The number of hydrogen-bond acceptors (Lipinski definition) is 2. The fourth-order valence-corrected chi connectivity index (χ4v) is 0. The van der Waals surface area contributed by atoms with E-state index in [1.807, 2.05) is 0 Å². The molecule has 0 saturated carbocycles. The maximum absolute atomic E-state index is 4.62. The predicted molar refractivity (Wildman–Crippen MR) is 13.2 cm³/mol. The summed E-state index contributed by atoms with van der Waals surface area (Å²) < 4.78 is 0. The Hall–Kier alpha value is 1.19. The normalized spacial score (nSPS) is 3.00. The first kappa shape index (κ1) is 27.1. The van der Waals surface area contributed by atoms with Crippen LogP contribution in [-0.2, 0) is 21.1 Å². The van der Waals surface area contributed by atoms with Gasteiger partial charge in [0.05, 0.1) is 0 Å². The van der Waals surface area contributed by atoms with E-state index >= 15 is 0 Å². The van der Waals surface area contributed by atoms with E-state index in [1.54, 1.807) is 0 Å². The second-order valence-electron chi connectivity index (χ2n) is 0.236. The molecule has 0 unspecified atom stereocenters. The van der Waals surface area contributed by atoms with Crippen molar-refractivity contribution in [2.75, 3.05) is 6.67 Å². The molecule has 2 nitrogen and oxygen atoms in total. The molecule has 0 spiro atoms. The van der Waals surface area contributed by atoms with Gasteiger partial charge in [-0.1, -0.05) is 0 Å². The van der Waals surface area contributed by atoms with Gasteiger partial charge in [-0.25, -0.2) is 0 Å². The molecule has 5 heteroatoms. The van der Waals surface area contributed by atoms with Crippen molar-refractivity contribution in [2.45, 2.75) is 0 Å². The van der Waals surface area contributed by atoms with Gasteiger partial charge in [0, 0.05) is 6.67 Å². The van der Waals surface area contributed by atoms with Crippen LogP contribution >= 0.6 is 0 Å². The quantitative estimate of drug-likeness (QED) is 0.437. The topological polar surface area (TPSA) is 52.0 Å². The average Bonchev–Trinajstić information content (AvgIpc) is 0.918. The summed E-state index contributed by atoms with van der Waals surface area (Å²) in [5.41, 5.74) is 9.25. The minimum absolute atomic E-state index is 0. The summed E-state index contributed by atoms with van der Waals surface area (Å²) in [5.74, 6) is 0. The zero-order chi connectivity index (χ0) is 2.71. The molecule has 4 N–H and O–H groups in total. The van der Waals surface area contributed by atoms with Gasteiger partial charge < -0.3 is 36.3 Å². The van der Waals surface area contributed by atoms with Crippen LogP contribution < -0.4 is 36.3 Å². The molecule has 0 fully saturated rings. The van der Waals surface area contributed by atoms with Crippen LogP contribution in [0.15, 0.2) is 0 Å². The Labute approximate surface area is 64.1 Å². The SMILES string of the molecule is NCN.[Cl-].[Cl-].[Pt+2]. The van der Waals surface area contributed by atoms with Crippen molar-refractivity contribution in [3.63, 3.8) is 0 Å². The Morgan fingerprint density at radius 1 is 1.00 bits per heavy atom. The van der Waals surface area contributed by atoms with Gasteiger partial charge in [-0.3, -0.25) is 0 Å². The fraction of sp³-hybridized carbons (Fsp3) is 1.00. The van der Waals surface area contributed by atoms with Crippen LogP contribution in [-0.4, -0.2) is 6.67 Å². The van der Waals surface area contributed by atoms with Gasteiger partial charge in [0.2, 0.25) is 0 Å². The summed E-state index contributed by atoms with van der Waals surface area (Å²) >= 11 is 0. The first-order chi connectivity index (χ1) is 1.41. The van der Waals surface area contributed by atoms with Gasteiger partial charge in [0.25, 0.3) is 0 Å². The zero-order valence-corrected chi connectivity index (χ0v) is 6.72. The number of halogens is 2. The third-order valence-corrected chi connectivity index (χ3v) is 0. The second-order valence-corrected chi connectivity index (χ2v) is 0.236. The van der Waals surface area contributed by atoms with Crippen LogP contribution in [0.2, 0.25) is 0 Å². The molecule has 0 bridgehead atoms. The van der Waals surface area contributed by atoms with Crippen molar-refractivity contribution in [2.24, 2.45) is 11.5 Å². The summed E-state index contributed by atoms with van der Waals surface area (Å²) in [5, 5.41) is 0. The van der Waals surface area contributed by atoms with Gasteiger partial charge in [-0.05, 0) is 0 Å². The van der Waals surface area contributed by atoms with Crippen LogP contribution in [0.5, 0.6) is 0 Å². The largest absolute Gasteiger partial charge is 2.00 e. The molecule has 0 saturated heterocycles. The van der Waals surface area contributed by atoms with Crippen molar-refractivity contribution in [3.8, 4) is 0 Å². The Morgan fingerprint density at radius 2 is 1.00 bits per heavy atom. The predicted octanol–water partition coefficient (Wildman–Crippen LogP) is -7.13. The molecule has 0 atom stereocenters. The summed E-state index contributed by atoms with van der Waals surface area (Å²) in [7, 11) is 0. The van der Waals surface area contributed by atoms with E-state index < -0.39 is 0 Å². The van der Waals surface area contributed by atoms with E-state index in [-0.39, 0.29) is 52.5 Å². The Kier molecular flexibility index (Phi) is 157. The molecule has 0 radical (unpaired) electrons. The van der Waals surface area contributed by atoms with Gasteiger partial charge in [-0.15, -0.1) is 0 Å². The van der Waals surface area contributed by atoms with Crippen LogP contribution in [0.4, 0.5) is 0 Å². The van der Waals surface area contributed by atoms with E-state index in [2.05, 4.69) is 11.5 Å². The number of nitrogens with two attached hydrogens (primary N) is 2. The molecule has 0 amide bonds.